The number of hydrogen-bond donors (Lipinski definition) is 2. The molecule has 2 aromatic rings. The van der Waals surface area contributed by atoms with E-state index in [1.54, 1.807) is 17.0 Å². The van der Waals surface area contributed by atoms with Crippen LogP contribution in [0.4, 0.5) is 11.4 Å². The summed E-state index contributed by atoms with van der Waals surface area (Å²) in [4.78, 5) is 26.6. The number of unbranched alkanes of at least 4 members (excludes halogenated alkanes) is 4. The molecule has 2 N–H and O–H groups in total. The summed E-state index contributed by atoms with van der Waals surface area (Å²) >= 11 is 0. The maximum Gasteiger partial charge on any atom is 0.254 e. The number of rotatable bonds is 12. The summed E-state index contributed by atoms with van der Waals surface area (Å²) < 4.78 is 11.0. The Kier molecular flexibility index (Phi) is 10.0. The highest BCUT2D eigenvalue weighted by Crippen LogP contribution is 2.17. The molecular weight excluding hydrogens is 418 g/mol. The van der Waals surface area contributed by atoms with Crippen LogP contribution in [0.15, 0.2) is 48.5 Å². The number of nitrogens with zero attached hydrogens (tertiary/aromatic N) is 1. The molecule has 1 aliphatic rings. The fraction of sp³-hybridized carbons (Fsp3) is 0.462. The average molecular weight is 454 g/mol. The first-order chi connectivity index (χ1) is 16.2. The number of carbonyl (C=O) groups is 2. The Morgan fingerprint density at radius 1 is 0.909 bits per heavy atom. The SMILES string of the molecule is CCCCCCCOc1ccc(NC(=O)CNc2ccc(C(=O)N3CCOCC3)cc2)cc1. The molecule has 0 radical (unpaired) electrons. The molecular formula is C26H35N3O4. The van der Waals surface area contributed by atoms with Gasteiger partial charge in [-0.05, 0) is 55.0 Å². The first-order valence-corrected chi connectivity index (χ1v) is 11.9. The second-order valence-electron chi connectivity index (χ2n) is 8.17. The molecule has 1 heterocycles. The Balaban J connectivity index is 1.37. The van der Waals surface area contributed by atoms with Crippen molar-refractivity contribution in [1.29, 1.82) is 0 Å². The van der Waals surface area contributed by atoms with Crippen LogP contribution in [0.3, 0.4) is 0 Å². The molecule has 1 aliphatic heterocycles. The number of morpholine rings is 1. The quantitative estimate of drug-likeness (QED) is 0.461. The van der Waals surface area contributed by atoms with Crippen LogP contribution in [0.2, 0.25) is 0 Å². The molecule has 7 nitrogen and oxygen atoms in total. The summed E-state index contributed by atoms with van der Waals surface area (Å²) in [7, 11) is 0. The highest BCUT2D eigenvalue weighted by atomic mass is 16.5. The zero-order valence-corrected chi connectivity index (χ0v) is 19.5. The molecule has 0 unspecified atom stereocenters. The molecule has 0 aliphatic carbocycles. The first-order valence-electron chi connectivity index (χ1n) is 11.9. The van der Waals surface area contributed by atoms with Crippen LogP contribution < -0.4 is 15.4 Å². The highest BCUT2D eigenvalue weighted by Gasteiger charge is 2.18. The fourth-order valence-corrected chi connectivity index (χ4v) is 3.60. The van der Waals surface area contributed by atoms with Crippen molar-refractivity contribution in [3.05, 3.63) is 54.1 Å². The Morgan fingerprint density at radius 2 is 1.58 bits per heavy atom. The third kappa shape index (κ3) is 8.42. The van der Waals surface area contributed by atoms with Gasteiger partial charge in [0.2, 0.25) is 5.91 Å². The Morgan fingerprint density at radius 3 is 2.27 bits per heavy atom. The Labute approximate surface area is 196 Å². The predicted molar refractivity (Wildman–Crippen MR) is 131 cm³/mol. The molecule has 1 saturated heterocycles. The van der Waals surface area contributed by atoms with Crippen molar-refractivity contribution in [2.75, 3.05) is 50.1 Å². The monoisotopic (exact) mass is 453 g/mol. The fourth-order valence-electron chi connectivity index (χ4n) is 3.60. The zero-order chi connectivity index (χ0) is 23.3. The molecule has 2 aromatic carbocycles. The molecule has 33 heavy (non-hydrogen) atoms. The summed E-state index contributed by atoms with van der Waals surface area (Å²) in [5.41, 5.74) is 2.14. The van der Waals surface area contributed by atoms with Crippen molar-refractivity contribution in [3.8, 4) is 5.75 Å². The van der Waals surface area contributed by atoms with Crippen molar-refractivity contribution in [2.45, 2.75) is 39.0 Å². The van der Waals surface area contributed by atoms with Crippen LogP contribution >= 0.6 is 0 Å². The van der Waals surface area contributed by atoms with Gasteiger partial charge >= 0.3 is 0 Å². The average Bonchev–Trinajstić information content (AvgIpc) is 2.86. The number of anilines is 2. The molecule has 178 valence electrons. The van der Waals surface area contributed by atoms with E-state index >= 15 is 0 Å². The third-order valence-corrected chi connectivity index (χ3v) is 5.54. The van der Waals surface area contributed by atoms with E-state index in [2.05, 4.69) is 17.6 Å². The van der Waals surface area contributed by atoms with E-state index < -0.39 is 0 Å². The van der Waals surface area contributed by atoms with Crippen LogP contribution in [0.1, 0.15) is 49.4 Å². The minimum absolute atomic E-state index is 0.00603. The number of benzene rings is 2. The number of ether oxygens (including phenoxy) is 2. The number of amides is 2. The van der Waals surface area contributed by atoms with E-state index in [9.17, 15) is 9.59 Å². The summed E-state index contributed by atoms with van der Waals surface area (Å²) in [5.74, 6) is 0.674. The molecule has 7 heteroatoms. The summed E-state index contributed by atoms with van der Waals surface area (Å²) in [6.07, 6.45) is 6.04. The minimum Gasteiger partial charge on any atom is -0.494 e. The van der Waals surface area contributed by atoms with E-state index in [1.807, 2.05) is 36.4 Å². The Bertz CT molecular complexity index is 862. The van der Waals surface area contributed by atoms with Crippen LogP contribution in [0, 0.1) is 0 Å². The van der Waals surface area contributed by atoms with E-state index in [4.69, 9.17) is 9.47 Å². The second-order valence-corrected chi connectivity index (χ2v) is 8.17. The molecule has 0 saturated carbocycles. The van der Waals surface area contributed by atoms with Crippen molar-refractivity contribution in [2.24, 2.45) is 0 Å². The molecule has 0 spiro atoms. The zero-order valence-electron chi connectivity index (χ0n) is 19.5. The lowest BCUT2D eigenvalue weighted by atomic mass is 10.1. The lowest BCUT2D eigenvalue weighted by Gasteiger charge is -2.26. The highest BCUT2D eigenvalue weighted by molar-refractivity contribution is 5.95. The molecule has 2 amide bonds. The number of carbonyl (C=O) groups excluding carboxylic acids is 2. The van der Waals surface area contributed by atoms with Gasteiger partial charge in [0.25, 0.3) is 5.91 Å². The summed E-state index contributed by atoms with van der Waals surface area (Å²) in [6.45, 7) is 5.45. The first kappa shape index (κ1) is 24.6. The normalized spacial score (nSPS) is 13.4. The molecule has 3 rings (SSSR count). The van der Waals surface area contributed by atoms with E-state index in [0.29, 0.717) is 31.9 Å². The van der Waals surface area contributed by atoms with Crippen molar-refractivity contribution in [3.63, 3.8) is 0 Å². The van der Waals surface area contributed by atoms with Gasteiger partial charge in [0, 0.05) is 30.0 Å². The molecule has 0 atom stereocenters. The smallest absolute Gasteiger partial charge is 0.254 e. The van der Waals surface area contributed by atoms with E-state index in [-0.39, 0.29) is 18.4 Å². The number of nitrogens with one attached hydrogen (secondary N) is 2. The predicted octanol–water partition coefficient (Wildman–Crippen LogP) is 4.56. The standard InChI is InChI=1S/C26H35N3O4/c1-2-3-4-5-6-17-33-24-13-11-23(12-14-24)28-25(30)20-27-22-9-7-21(8-10-22)26(31)29-15-18-32-19-16-29/h7-14,27H,2-6,15-20H2,1H3,(H,28,30). The summed E-state index contributed by atoms with van der Waals surface area (Å²) in [5, 5.41) is 5.96. The van der Waals surface area contributed by atoms with Gasteiger partial charge in [-0.3, -0.25) is 9.59 Å². The number of hydrogen-bond acceptors (Lipinski definition) is 5. The van der Waals surface area contributed by atoms with Gasteiger partial charge < -0.3 is 25.0 Å². The molecule has 1 fully saturated rings. The van der Waals surface area contributed by atoms with Crippen molar-refractivity contribution >= 4 is 23.2 Å². The third-order valence-electron chi connectivity index (χ3n) is 5.54. The van der Waals surface area contributed by atoms with Crippen LogP contribution in [-0.2, 0) is 9.53 Å². The molecule has 0 aromatic heterocycles. The van der Waals surface area contributed by atoms with Gasteiger partial charge in [-0.15, -0.1) is 0 Å². The van der Waals surface area contributed by atoms with Gasteiger partial charge in [0.05, 0.1) is 26.4 Å². The van der Waals surface area contributed by atoms with Crippen LogP contribution in [0.5, 0.6) is 5.75 Å². The van der Waals surface area contributed by atoms with Gasteiger partial charge in [-0.1, -0.05) is 32.6 Å². The second kappa shape index (κ2) is 13.5. The van der Waals surface area contributed by atoms with E-state index in [1.165, 1.54) is 25.7 Å². The topological polar surface area (TPSA) is 79.9 Å². The lowest BCUT2D eigenvalue weighted by molar-refractivity contribution is -0.114. The van der Waals surface area contributed by atoms with Crippen LogP contribution in [-0.4, -0.2) is 56.2 Å². The maximum atomic E-state index is 12.5. The van der Waals surface area contributed by atoms with Crippen molar-refractivity contribution < 1.29 is 19.1 Å². The van der Waals surface area contributed by atoms with Gasteiger partial charge in [0.15, 0.2) is 0 Å². The minimum atomic E-state index is -0.145. The van der Waals surface area contributed by atoms with Gasteiger partial charge in [-0.2, -0.15) is 0 Å². The lowest BCUT2D eigenvalue weighted by Crippen LogP contribution is -2.40. The van der Waals surface area contributed by atoms with Crippen LogP contribution in [0.25, 0.3) is 0 Å². The Hall–Kier alpha value is -3.06. The largest absolute Gasteiger partial charge is 0.494 e. The summed E-state index contributed by atoms with van der Waals surface area (Å²) in [6, 6.07) is 14.6. The molecule has 0 bridgehead atoms. The van der Waals surface area contributed by atoms with E-state index in [0.717, 1.165) is 30.2 Å². The van der Waals surface area contributed by atoms with Crippen molar-refractivity contribution in [1.82, 2.24) is 4.90 Å². The van der Waals surface area contributed by atoms with Gasteiger partial charge in [0.1, 0.15) is 5.75 Å². The van der Waals surface area contributed by atoms with Gasteiger partial charge in [-0.25, -0.2) is 0 Å². The maximum absolute atomic E-state index is 12.5.